The van der Waals surface area contributed by atoms with Gasteiger partial charge in [-0.25, -0.2) is 0 Å². The molecule has 0 radical (unpaired) electrons. The van der Waals surface area contributed by atoms with Gasteiger partial charge >= 0.3 is 0 Å². The van der Waals surface area contributed by atoms with E-state index in [2.05, 4.69) is 16.8 Å². The molecule has 1 N–H and O–H groups in total. The summed E-state index contributed by atoms with van der Waals surface area (Å²) in [5.74, 6) is 0. The van der Waals surface area contributed by atoms with Gasteiger partial charge in [-0.05, 0) is 13.0 Å². The Morgan fingerprint density at radius 3 is 3.27 bits per heavy atom. The van der Waals surface area contributed by atoms with Gasteiger partial charge < -0.3 is 14.7 Å². The molecule has 1 unspecified atom stereocenters. The fourth-order valence-corrected chi connectivity index (χ4v) is 1.91. The molecule has 0 bridgehead atoms. The van der Waals surface area contributed by atoms with Crippen molar-refractivity contribution in [1.82, 2.24) is 4.98 Å². The highest BCUT2D eigenvalue weighted by Crippen LogP contribution is 2.23. The van der Waals surface area contributed by atoms with Crippen molar-refractivity contribution in [3.63, 3.8) is 0 Å². The van der Waals surface area contributed by atoms with Crippen LogP contribution < -0.4 is 4.90 Å². The zero-order valence-corrected chi connectivity index (χ0v) is 8.89. The maximum Gasteiger partial charge on any atom is 0.0717 e. The molecule has 0 aliphatic carbocycles. The Kier molecular flexibility index (Phi) is 3.18. The molecule has 1 aromatic rings. The van der Waals surface area contributed by atoms with Crippen molar-refractivity contribution in [2.45, 2.75) is 19.6 Å². The highest BCUT2D eigenvalue weighted by atomic mass is 16.5. The number of morpholine rings is 1. The lowest BCUT2D eigenvalue weighted by Crippen LogP contribution is -2.44. The lowest BCUT2D eigenvalue weighted by molar-refractivity contribution is 0.0987. The number of aliphatic hydroxyl groups excluding tert-OH is 1. The second-order valence-electron chi connectivity index (χ2n) is 3.78. The van der Waals surface area contributed by atoms with Crippen molar-refractivity contribution >= 4 is 5.69 Å². The first-order valence-corrected chi connectivity index (χ1v) is 5.21. The molecule has 4 heteroatoms. The molecule has 0 saturated carbocycles. The normalized spacial score (nSPS) is 21.7. The Labute approximate surface area is 89.5 Å². The van der Waals surface area contributed by atoms with Crippen LogP contribution in [0.15, 0.2) is 18.5 Å². The van der Waals surface area contributed by atoms with Crippen LogP contribution in [0.4, 0.5) is 5.69 Å². The van der Waals surface area contributed by atoms with Gasteiger partial charge in [0.25, 0.3) is 0 Å². The molecule has 1 aliphatic rings. The number of pyridine rings is 1. The minimum atomic E-state index is 0.0350. The third-order valence-electron chi connectivity index (χ3n) is 2.73. The summed E-state index contributed by atoms with van der Waals surface area (Å²) in [7, 11) is 0. The van der Waals surface area contributed by atoms with E-state index < -0.39 is 0 Å². The Hall–Kier alpha value is -1.13. The van der Waals surface area contributed by atoms with Gasteiger partial charge in [0.15, 0.2) is 0 Å². The minimum Gasteiger partial charge on any atom is -0.392 e. The number of ether oxygens (including phenoxy) is 1. The summed E-state index contributed by atoms with van der Waals surface area (Å²) >= 11 is 0. The molecule has 15 heavy (non-hydrogen) atoms. The predicted octanol–water partition coefficient (Wildman–Crippen LogP) is 0.799. The van der Waals surface area contributed by atoms with Crippen LogP contribution >= 0.6 is 0 Å². The Morgan fingerprint density at radius 2 is 2.53 bits per heavy atom. The highest BCUT2D eigenvalue weighted by Gasteiger charge is 2.20. The first-order valence-electron chi connectivity index (χ1n) is 5.21. The van der Waals surface area contributed by atoms with Crippen molar-refractivity contribution in [2.24, 2.45) is 0 Å². The molecule has 1 aliphatic heterocycles. The van der Waals surface area contributed by atoms with Crippen LogP contribution in [-0.2, 0) is 11.3 Å². The molecular formula is C11H16N2O2. The average molecular weight is 208 g/mol. The maximum atomic E-state index is 9.24. The van der Waals surface area contributed by atoms with Crippen molar-refractivity contribution in [3.8, 4) is 0 Å². The number of hydrogen-bond donors (Lipinski definition) is 1. The van der Waals surface area contributed by atoms with Gasteiger partial charge in [0.05, 0.1) is 19.8 Å². The minimum absolute atomic E-state index is 0.0350. The van der Waals surface area contributed by atoms with E-state index in [1.807, 2.05) is 6.07 Å². The monoisotopic (exact) mass is 208 g/mol. The van der Waals surface area contributed by atoms with Crippen LogP contribution in [0.3, 0.4) is 0 Å². The zero-order chi connectivity index (χ0) is 10.7. The van der Waals surface area contributed by atoms with E-state index in [0.29, 0.717) is 6.04 Å². The molecule has 4 nitrogen and oxygen atoms in total. The smallest absolute Gasteiger partial charge is 0.0717 e. The summed E-state index contributed by atoms with van der Waals surface area (Å²) in [5, 5.41) is 9.24. The topological polar surface area (TPSA) is 45.6 Å². The van der Waals surface area contributed by atoms with E-state index in [1.165, 1.54) is 0 Å². The molecule has 2 heterocycles. The molecule has 0 aromatic carbocycles. The third-order valence-corrected chi connectivity index (χ3v) is 2.73. The van der Waals surface area contributed by atoms with E-state index in [9.17, 15) is 5.11 Å². The van der Waals surface area contributed by atoms with Crippen molar-refractivity contribution in [2.75, 3.05) is 24.7 Å². The van der Waals surface area contributed by atoms with Crippen LogP contribution in [0.2, 0.25) is 0 Å². The van der Waals surface area contributed by atoms with Crippen molar-refractivity contribution in [3.05, 3.63) is 24.0 Å². The van der Waals surface area contributed by atoms with E-state index in [1.54, 1.807) is 12.4 Å². The van der Waals surface area contributed by atoms with Gasteiger partial charge in [0.2, 0.25) is 0 Å². The number of aromatic nitrogens is 1. The van der Waals surface area contributed by atoms with Gasteiger partial charge in [0.1, 0.15) is 0 Å². The summed E-state index contributed by atoms with van der Waals surface area (Å²) in [5.41, 5.74) is 1.95. The van der Waals surface area contributed by atoms with Crippen LogP contribution in [0, 0.1) is 0 Å². The second-order valence-corrected chi connectivity index (χ2v) is 3.78. The third kappa shape index (κ3) is 2.11. The molecule has 0 amide bonds. The molecule has 1 atom stereocenters. The summed E-state index contributed by atoms with van der Waals surface area (Å²) in [6, 6.07) is 2.30. The van der Waals surface area contributed by atoms with Gasteiger partial charge in [0, 0.05) is 36.2 Å². The number of hydrogen-bond acceptors (Lipinski definition) is 4. The van der Waals surface area contributed by atoms with Crippen molar-refractivity contribution < 1.29 is 9.84 Å². The largest absolute Gasteiger partial charge is 0.392 e. The zero-order valence-electron chi connectivity index (χ0n) is 8.89. The molecule has 1 aromatic heterocycles. The second kappa shape index (κ2) is 4.59. The molecule has 82 valence electrons. The molecule has 0 spiro atoms. The Bertz CT molecular complexity index is 330. The van der Waals surface area contributed by atoms with Crippen LogP contribution in [0.1, 0.15) is 12.5 Å². The average Bonchev–Trinajstić information content (AvgIpc) is 2.30. The fraction of sp³-hybridized carbons (Fsp3) is 0.545. The SMILES string of the molecule is CC1COCCN1c1ccncc1CO. The molecule has 1 fully saturated rings. The number of nitrogens with zero attached hydrogens (tertiary/aromatic N) is 2. The van der Waals surface area contributed by atoms with Crippen LogP contribution in [0.5, 0.6) is 0 Å². The highest BCUT2D eigenvalue weighted by molar-refractivity contribution is 5.53. The quantitative estimate of drug-likeness (QED) is 0.781. The van der Waals surface area contributed by atoms with E-state index >= 15 is 0 Å². The predicted molar refractivity (Wildman–Crippen MR) is 57.8 cm³/mol. The summed E-state index contributed by atoms with van der Waals surface area (Å²) < 4.78 is 5.39. The van der Waals surface area contributed by atoms with Gasteiger partial charge in [-0.1, -0.05) is 0 Å². The standard InChI is InChI=1S/C11H16N2O2/c1-9-8-15-5-4-13(9)11-2-3-12-6-10(11)7-14/h2-3,6,9,14H,4-5,7-8H2,1H3. The van der Waals surface area contributed by atoms with E-state index in [4.69, 9.17) is 4.74 Å². The lowest BCUT2D eigenvalue weighted by Gasteiger charge is -2.36. The summed E-state index contributed by atoms with van der Waals surface area (Å²) in [6.07, 6.45) is 3.48. The first kappa shape index (κ1) is 10.4. The molecule has 2 rings (SSSR count). The summed E-state index contributed by atoms with van der Waals surface area (Å²) in [6.45, 7) is 4.52. The fourth-order valence-electron chi connectivity index (χ4n) is 1.91. The first-order chi connectivity index (χ1) is 7.33. The van der Waals surface area contributed by atoms with Crippen LogP contribution in [-0.4, -0.2) is 35.9 Å². The summed E-state index contributed by atoms with van der Waals surface area (Å²) in [4.78, 5) is 6.28. The number of anilines is 1. The lowest BCUT2D eigenvalue weighted by atomic mass is 10.1. The van der Waals surface area contributed by atoms with E-state index in [0.717, 1.165) is 31.0 Å². The van der Waals surface area contributed by atoms with Gasteiger partial charge in [-0.3, -0.25) is 4.98 Å². The van der Waals surface area contributed by atoms with Gasteiger partial charge in [-0.2, -0.15) is 0 Å². The van der Waals surface area contributed by atoms with Gasteiger partial charge in [-0.15, -0.1) is 0 Å². The van der Waals surface area contributed by atoms with E-state index in [-0.39, 0.29) is 6.61 Å². The molecular weight excluding hydrogens is 192 g/mol. The van der Waals surface area contributed by atoms with Crippen LogP contribution in [0.25, 0.3) is 0 Å². The van der Waals surface area contributed by atoms with Crippen molar-refractivity contribution in [1.29, 1.82) is 0 Å². The number of rotatable bonds is 2. The number of aliphatic hydroxyl groups is 1. The Morgan fingerprint density at radius 1 is 1.67 bits per heavy atom. The maximum absolute atomic E-state index is 9.24. The Balaban J connectivity index is 2.26. The molecule has 1 saturated heterocycles.